The Balaban J connectivity index is 1.70. The highest BCUT2D eigenvalue weighted by atomic mass is 35.5. The van der Waals surface area contributed by atoms with Crippen molar-refractivity contribution in [3.63, 3.8) is 0 Å². The van der Waals surface area contributed by atoms with Crippen LogP contribution in [0.25, 0.3) is 0 Å². The molecule has 10 heteroatoms. The molecule has 30 heavy (non-hydrogen) atoms. The first-order valence-electron chi connectivity index (χ1n) is 8.67. The van der Waals surface area contributed by atoms with Crippen LogP contribution in [0.1, 0.15) is 38.0 Å². The molecular formula is C20H15Cl2N3O5. The third-order valence-electron chi connectivity index (χ3n) is 4.22. The second-order valence-electron chi connectivity index (χ2n) is 6.29. The molecule has 1 aromatic heterocycles. The first-order chi connectivity index (χ1) is 14.2. The van der Waals surface area contributed by atoms with Gasteiger partial charge in [-0.15, -0.1) is 6.58 Å². The number of halogens is 2. The van der Waals surface area contributed by atoms with E-state index in [1.54, 1.807) is 0 Å². The Morgan fingerprint density at radius 1 is 1.23 bits per heavy atom. The van der Waals surface area contributed by atoms with Crippen molar-refractivity contribution in [1.29, 1.82) is 0 Å². The molecule has 1 atom stereocenters. The summed E-state index contributed by atoms with van der Waals surface area (Å²) < 4.78 is 5.16. The standard InChI is InChI=1S/C20H15Cl2N3O5/c1-3-6-25-18(27)13-5-4-11(7-14(13)19(25)28)20(29)30-10(2)17(26)24-16-15(22)8-12(21)9-23-16/h3-5,7-10H,1,6H2,2H3,(H,23,24,26). The second kappa shape index (κ2) is 8.64. The van der Waals surface area contributed by atoms with Crippen LogP contribution in [0.4, 0.5) is 5.82 Å². The van der Waals surface area contributed by atoms with Gasteiger partial charge in [-0.25, -0.2) is 9.78 Å². The number of nitrogens with one attached hydrogen (secondary N) is 1. The highest BCUT2D eigenvalue weighted by Crippen LogP contribution is 2.25. The van der Waals surface area contributed by atoms with Crippen LogP contribution in [0, 0.1) is 0 Å². The van der Waals surface area contributed by atoms with Crippen LogP contribution >= 0.6 is 23.2 Å². The summed E-state index contributed by atoms with van der Waals surface area (Å²) in [6, 6.07) is 5.40. The second-order valence-corrected chi connectivity index (χ2v) is 7.13. The number of pyridine rings is 1. The van der Waals surface area contributed by atoms with Gasteiger partial charge in [0, 0.05) is 12.7 Å². The molecule has 0 aliphatic carbocycles. The Bertz CT molecular complexity index is 1090. The average molecular weight is 448 g/mol. The minimum atomic E-state index is -1.19. The van der Waals surface area contributed by atoms with Crippen LogP contribution in [-0.4, -0.2) is 46.2 Å². The zero-order valence-corrected chi connectivity index (χ0v) is 17.2. The number of aromatic nitrogens is 1. The smallest absolute Gasteiger partial charge is 0.338 e. The van der Waals surface area contributed by atoms with Crippen LogP contribution < -0.4 is 5.32 Å². The number of amides is 3. The number of nitrogens with zero attached hydrogens (tertiary/aromatic N) is 2. The van der Waals surface area contributed by atoms with Gasteiger partial charge in [-0.05, 0) is 31.2 Å². The van der Waals surface area contributed by atoms with E-state index >= 15 is 0 Å². The molecule has 1 N–H and O–H groups in total. The number of ether oxygens (including phenoxy) is 1. The molecule has 154 valence electrons. The SMILES string of the molecule is C=CCN1C(=O)c2ccc(C(=O)OC(C)C(=O)Nc3ncc(Cl)cc3Cl)cc2C1=O. The zero-order chi connectivity index (χ0) is 22.0. The normalized spacial score (nSPS) is 13.6. The Hall–Kier alpha value is -3.23. The molecule has 3 amide bonds. The lowest BCUT2D eigenvalue weighted by Gasteiger charge is -2.14. The lowest BCUT2D eigenvalue weighted by Crippen LogP contribution is -2.30. The van der Waals surface area contributed by atoms with Gasteiger partial charge in [-0.2, -0.15) is 0 Å². The maximum atomic E-state index is 12.4. The van der Waals surface area contributed by atoms with Crippen molar-refractivity contribution in [2.75, 3.05) is 11.9 Å². The van der Waals surface area contributed by atoms with Gasteiger partial charge in [0.1, 0.15) is 0 Å². The van der Waals surface area contributed by atoms with Gasteiger partial charge in [0.2, 0.25) is 0 Å². The fraction of sp³-hybridized carbons (Fsp3) is 0.150. The molecule has 1 unspecified atom stereocenters. The van der Waals surface area contributed by atoms with Gasteiger partial charge >= 0.3 is 5.97 Å². The van der Waals surface area contributed by atoms with E-state index in [4.69, 9.17) is 27.9 Å². The number of carbonyl (C=O) groups is 4. The maximum absolute atomic E-state index is 12.4. The van der Waals surface area contributed by atoms with Gasteiger partial charge < -0.3 is 10.1 Å². The topological polar surface area (TPSA) is 106 Å². The first-order valence-corrected chi connectivity index (χ1v) is 9.42. The van der Waals surface area contributed by atoms with E-state index in [2.05, 4.69) is 16.9 Å². The number of esters is 1. The van der Waals surface area contributed by atoms with E-state index in [1.807, 2.05) is 0 Å². The molecule has 1 aliphatic heterocycles. The number of benzene rings is 1. The van der Waals surface area contributed by atoms with E-state index in [9.17, 15) is 19.2 Å². The summed E-state index contributed by atoms with van der Waals surface area (Å²) in [6.07, 6.45) is 1.55. The number of hydrogen-bond acceptors (Lipinski definition) is 6. The molecule has 0 fully saturated rings. The van der Waals surface area contributed by atoms with Crippen molar-refractivity contribution in [3.8, 4) is 0 Å². The molecule has 2 aromatic rings. The van der Waals surface area contributed by atoms with Gasteiger partial charge in [0.15, 0.2) is 11.9 Å². The first kappa shape index (κ1) is 21.5. The summed E-state index contributed by atoms with van der Waals surface area (Å²) in [4.78, 5) is 54.2. The Labute approximate surface area is 181 Å². The van der Waals surface area contributed by atoms with Crippen LogP contribution in [0.5, 0.6) is 0 Å². The zero-order valence-electron chi connectivity index (χ0n) is 15.6. The van der Waals surface area contributed by atoms with Crippen LogP contribution in [0.2, 0.25) is 10.0 Å². The van der Waals surface area contributed by atoms with Crippen LogP contribution in [0.15, 0.2) is 43.1 Å². The van der Waals surface area contributed by atoms with E-state index in [-0.39, 0.29) is 34.1 Å². The van der Waals surface area contributed by atoms with E-state index in [1.165, 1.54) is 43.5 Å². The molecule has 0 bridgehead atoms. The van der Waals surface area contributed by atoms with E-state index in [0.717, 1.165) is 4.90 Å². The predicted octanol–water partition coefficient (Wildman–Crippen LogP) is 3.35. The molecule has 0 saturated heterocycles. The third-order valence-corrected chi connectivity index (χ3v) is 4.72. The van der Waals surface area contributed by atoms with Crippen molar-refractivity contribution in [2.24, 2.45) is 0 Å². The van der Waals surface area contributed by atoms with E-state index < -0.39 is 29.8 Å². The lowest BCUT2D eigenvalue weighted by molar-refractivity contribution is -0.123. The summed E-state index contributed by atoms with van der Waals surface area (Å²) in [6.45, 7) is 4.94. The van der Waals surface area contributed by atoms with Crippen molar-refractivity contribution >= 4 is 52.7 Å². The summed E-state index contributed by atoms with van der Waals surface area (Å²) in [5, 5.41) is 2.86. The molecule has 2 heterocycles. The number of carbonyl (C=O) groups excluding carboxylic acids is 4. The quantitative estimate of drug-likeness (QED) is 0.413. The molecule has 0 saturated carbocycles. The molecule has 8 nitrogen and oxygen atoms in total. The van der Waals surface area contributed by atoms with Crippen molar-refractivity contribution in [2.45, 2.75) is 13.0 Å². The Kier molecular flexibility index (Phi) is 6.19. The highest BCUT2D eigenvalue weighted by Gasteiger charge is 2.35. The molecule has 1 aromatic carbocycles. The van der Waals surface area contributed by atoms with Gasteiger partial charge in [0.25, 0.3) is 17.7 Å². The fourth-order valence-electron chi connectivity index (χ4n) is 2.72. The Morgan fingerprint density at radius 3 is 2.60 bits per heavy atom. The predicted molar refractivity (Wildman–Crippen MR) is 110 cm³/mol. The monoisotopic (exact) mass is 447 g/mol. The van der Waals surface area contributed by atoms with Gasteiger partial charge in [-0.3, -0.25) is 19.3 Å². The largest absolute Gasteiger partial charge is 0.449 e. The third kappa shape index (κ3) is 4.19. The van der Waals surface area contributed by atoms with Gasteiger partial charge in [-0.1, -0.05) is 29.3 Å². The molecule has 0 spiro atoms. The number of anilines is 1. The maximum Gasteiger partial charge on any atom is 0.338 e. The number of fused-ring (bicyclic) bond motifs is 1. The number of imide groups is 1. The van der Waals surface area contributed by atoms with Crippen LogP contribution in [0.3, 0.4) is 0 Å². The van der Waals surface area contributed by atoms with Crippen molar-refractivity contribution in [1.82, 2.24) is 9.88 Å². The molecule has 0 radical (unpaired) electrons. The fourth-order valence-corrected chi connectivity index (χ4v) is 3.15. The van der Waals surface area contributed by atoms with Gasteiger partial charge in [0.05, 0.1) is 26.7 Å². The summed E-state index contributed by atoms with van der Waals surface area (Å²) in [7, 11) is 0. The summed E-state index contributed by atoms with van der Waals surface area (Å²) in [5.41, 5.74) is 0.302. The molecular weight excluding hydrogens is 433 g/mol. The Morgan fingerprint density at radius 2 is 1.93 bits per heavy atom. The van der Waals surface area contributed by atoms with E-state index in [0.29, 0.717) is 5.02 Å². The number of rotatable bonds is 6. The average Bonchev–Trinajstić information content (AvgIpc) is 2.94. The molecule has 3 rings (SSSR count). The number of hydrogen-bond donors (Lipinski definition) is 1. The van der Waals surface area contributed by atoms with Crippen molar-refractivity contribution < 1.29 is 23.9 Å². The minimum absolute atomic E-state index is 0.0256. The lowest BCUT2D eigenvalue weighted by atomic mass is 10.1. The van der Waals surface area contributed by atoms with Crippen molar-refractivity contribution in [3.05, 3.63) is 69.9 Å². The summed E-state index contributed by atoms with van der Waals surface area (Å²) in [5.74, 6) is -2.42. The highest BCUT2D eigenvalue weighted by molar-refractivity contribution is 6.36. The van der Waals surface area contributed by atoms with Crippen LogP contribution in [-0.2, 0) is 9.53 Å². The minimum Gasteiger partial charge on any atom is -0.449 e. The molecule has 1 aliphatic rings. The summed E-state index contributed by atoms with van der Waals surface area (Å²) >= 11 is 11.7.